The van der Waals surface area contributed by atoms with Gasteiger partial charge in [-0.05, 0) is 25.0 Å². The van der Waals surface area contributed by atoms with Gasteiger partial charge >= 0.3 is 6.09 Å². The van der Waals surface area contributed by atoms with Crippen LogP contribution in [-0.4, -0.2) is 71.2 Å². The van der Waals surface area contributed by atoms with E-state index in [-0.39, 0.29) is 12.0 Å². The number of nitrogens with zero attached hydrogens (tertiary/aromatic N) is 4. The van der Waals surface area contributed by atoms with E-state index in [0.29, 0.717) is 36.8 Å². The van der Waals surface area contributed by atoms with Gasteiger partial charge in [-0.25, -0.2) is 14.8 Å². The fourth-order valence-electron chi connectivity index (χ4n) is 3.93. The first kappa shape index (κ1) is 18.2. The molecule has 3 heterocycles. The molecule has 1 atom stereocenters. The van der Waals surface area contributed by atoms with Crippen molar-refractivity contribution in [2.45, 2.75) is 18.4 Å². The first-order chi connectivity index (χ1) is 13.5. The molecule has 2 aliphatic rings. The average molecular weight is 382 g/mol. The summed E-state index contributed by atoms with van der Waals surface area (Å²) in [5.41, 5.74) is 1.29. The zero-order chi connectivity index (χ0) is 19.7. The van der Waals surface area contributed by atoms with Crippen LogP contribution in [-0.2, 0) is 4.74 Å². The Morgan fingerprint density at radius 1 is 1.25 bits per heavy atom. The molecule has 0 bridgehead atoms. The Kier molecular flexibility index (Phi) is 4.62. The number of hydrogen-bond acceptors (Lipinski definition) is 6. The summed E-state index contributed by atoms with van der Waals surface area (Å²) in [6.45, 7) is 1.55. The normalized spacial score (nSPS) is 21.7. The average Bonchev–Trinajstić information content (AvgIpc) is 2.99. The number of methoxy groups -OCH3 is 1. The molecule has 1 aromatic heterocycles. The largest absolute Gasteiger partial charge is 0.479 e. The molecule has 2 aliphatic heterocycles. The number of piperidine rings is 1. The Morgan fingerprint density at radius 2 is 2.07 bits per heavy atom. The molecule has 0 radical (unpaired) electrons. The number of carbonyl (C=O) groups is 2. The van der Waals surface area contributed by atoms with Crippen LogP contribution in [0.15, 0.2) is 36.7 Å². The maximum Gasteiger partial charge on any atom is 0.410 e. The molecule has 2 fully saturated rings. The molecule has 4 rings (SSSR count). The summed E-state index contributed by atoms with van der Waals surface area (Å²) in [7, 11) is 3.26. The Bertz CT molecular complexity index is 919. The molecule has 0 unspecified atom stereocenters. The highest BCUT2D eigenvalue weighted by Crippen LogP contribution is 2.32. The van der Waals surface area contributed by atoms with Crippen LogP contribution >= 0.6 is 0 Å². The number of ether oxygens (including phenoxy) is 2. The van der Waals surface area contributed by atoms with E-state index in [1.807, 2.05) is 12.1 Å². The van der Waals surface area contributed by atoms with Crippen LogP contribution in [0.2, 0.25) is 0 Å². The highest BCUT2D eigenvalue weighted by molar-refractivity contribution is 5.95. The Morgan fingerprint density at radius 3 is 2.82 bits per heavy atom. The molecule has 8 heteroatoms. The Labute approximate surface area is 163 Å². The van der Waals surface area contributed by atoms with Crippen molar-refractivity contribution in [2.24, 2.45) is 0 Å². The lowest BCUT2D eigenvalue weighted by Gasteiger charge is -2.38. The Balaban J connectivity index is 1.58. The van der Waals surface area contributed by atoms with Crippen molar-refractivity contribution in [1.29, 1.82) is 0 Å². The third kappa shape index (κ3) is 3.26. The molecule has 0 aliphatic carbocycles. The van der Waals surface area contributed by atoms with Gasteiger partial charge in [0, 0.05) is 37.1 Å². The van der Waals surface area contributed by atoms with Gasteiger partial charge in [-0.3, -0.25) is 4.79 Å². The number of rotatable bonds is 3. The smallest absolute Gasteiger partial charge is 0.410 e. The van der Waals surface area contributed by atoms with Gasteiger partial charge in [0.05, 0.1) is 20.2 Å². The molecule has 0 N–H and O–H groups in total. The number of aromatic nitrogens is 2. The van der Waals surface area contributed by atoms with E-state index in [1.54, 1.807) is 41.4 Å². The first-order valence-electron chi connectivity index (χ1n) is 9.20. The highest BCUT2D eigenvalue weighted by atomic mass is 16.6. The molecule has 1 spiro atoms. The van der Waals surface area contributed by atoms with Crippen molar-refractivity contribution in [3.63, 3.8) is 0 Å². The van der Waals surface area contributed by atoms with Gasteiger partial charge in [0.2, 0.25) is 5.88 Å². The third-order valence-electron chi connectivity index (χ3n) is 5.21. The SMILES string of the molecule is COc1nccnc1-c1cccc(C(=O)N2CCC[C@@]3(CN(C)C(=O)O3)C2)c1. The van der Waals surface area contributed by atoms with Gasteiger partial charge in [0.25, 0.3) is 5.91 Å². The summed E-state index contributed by atoms with van der Waals surface area (Å²) >= 11 is 0. The molecule has 146 valence electrons. The molecular weight excluding hydrogens is 360 g/mol. The zero-order valence-electron chi connectivity index (χ0n) is 15.9. The van der Waals surface area contributed by atoms with Crippen molar-refractivity contribution in [3.8, 4) is 17.1 Å². The second-order valence-electron chi connectivity index (χ2n) is 7.23. The van der Waals surface area contributed by atoms with Gasteiger partial charge < -0.3 is 19.3 Å². The summed E-state index contributed by atoms with van der Waals surface area (Å²) < 4.78 is 10.9. The lowest BCUT2D eigenvalue weighted by molar-refractivity contribution is -0.00520. The minimum Gasteiger partial charge on any atom is -0.479 e. The van der Waals surface area contributed by atoms with E-state index in [0.717, 1.165) is 18.4 Å². The molecular formula is C20H22N4O4. The monoisotopic (exact) mass is 382 g/mol. The lowest BCUT2D eigenvalue weighted by atomic mass is 9.92. The van der Waals surface area contributed by atoms with Crippen molar-refractivity contribution in [3.05, 3.63) is 42.2 Å². The van der Waals surface area contributed by atoms with Gasteiger partial charge in [0.15, 0.2) is 0 Å². The number of hydrogen-bond donors (Lipinski definition) is 0. The van der Waals surface area contributed by atoms with Crippen molar-refractivity contribution >= 4 is 12.0 Å². The molecule has 2 aromatic rings. The van der Waals surface area contributed by atoms with E-state index in [9.17, 15) is 9.59 Å². The summed E-state index contributed by atoms with van der Waals surface area (Å²) in [4.78, 5) is 36.8. The number of carbonyl (C=O) groups excluding carboxylic acids is 2. The lowest BCUT2D eigenvalue weighted by Crippen LogP contribution is -2.52. The Hall–Kier alpha value is -3.16. The highest BCUT2D eigenvalue weighted by Gasteiger charge is 2.47. The van der Waals surface area contributed by atoms with Crippen LogP contribution in [0.4, 0.5) is 4.79 Å². The third-order valence-corrected chi connectivity index (χ3v) is 5.21. The van der Waals surface area contributed by atoms with Crippen LogP contribution in [0.25, 0.3) is 11.3 Å². The first-order valence-corrected chi connectivity index (χ1v) is 9.20. The number of likely N-dealkylation sites (N-methyl/N-ethyl adjacent to an activating group) is 1. The molecule has 28 heavy (non-hydrogen) atoms. The van der Waals surface area contributed by atoms with Gasteiger partial charge in [-0.1, -0.05) is 12.1 Å². The fourth-order valence-corrected chi connectivity index (χ4v) is 3.93. The van der Waals surface area contributed by atoms with E-state index >= 15 is 0 Å². The maximum atomic E-state index is 13.1. The van der Waals surface area contributed by atoms with Crippen LogP contribution < -0.4 is 4.74 Å². The summed E-state index contributed by atoms with van der Waals surface area (Å²) in [5.74, 6) is 0.319. The van der Waals surface area contributed by atoms with E-state index < -0.39 is 5.60 Å². The molecule has 2 saturated heterocycles. The minimum atomic E-state index is -0.606. The van der Waals surface area contributed by atoms with Crippen LogP contribution in [0, 0.1) is 0 Å². The number of benzene rings is 1. The standard InChI is InChI=1S/C20H22N4O4/c1-23-12-20(28-19(23)26)7-4-10-24(13-20)18(25)15-6-3-5-14(11-15)16-17(27-2)22-9-8-21-16/h3,5-6,8-9,11H,4,7,10,12-13H2,1-2H3/t20-/m1/s1. The van der Waals surface area contributed by atoms with Crippen LogP contribution in [0.3, 0.4) is 0 Å². The van der Waals surface area contributed by atoms with Crippen molar-refractivity contribution in [2.75, 3.05) is 33.8 Å². The fraction of sp³-hybridized carbons (Fsp3) is 0.400. The minimum absolute atomic E-state index is 0.0885. The number of amides is 2. The molecule has 8 nitrogen and oxygen atoms in total. The molecule has 0 saturated carbocycles. The van der Waals surface area contributed by atoms with Crippen LogP contribution in [0.1, 0.15) is 23.2 Å². The quantitative estimate of drug-likeness (QED) is 0.809. The second kappa shape index (κ2) is 7.10. The van der Waals surface area contributed by atoms with E-state index in [1.165, 1.54) is 7.11 Å². The predicted octanol–water partition coefficient (Wildman–Crippen LogP) is 2.21. The van der Waals surface area contributed by atoms with Gasteiger partial charge in [-0.2, -0.15) is 0 Å². The summed E-state index contributed by atoms with van der Waals surface area (Å²) in [6, 6.07) is 7.26. The molecule has 1 aromatic carbocycles. The molecule has 2 amide bonds. The predicted molar refractivity (Wildman–Crippen MR) is 101 cm³/mol. The number of likely N-dealkylation sites (tertiary alicyclic amines) is 1. The zero-order valence-corrected chi connectivity index (χ0v) is 15.9. The summed E-state index contributed by atoms with van der Waals surface area (Å²) in [5, 5.41) is 0. The van der Waals surface area contributed by atoms with Crippen molar-refractivity contribution < 1.29 is 19.1 Å². The van der Waals surface area contributed by atoms with Crippen molar-refractivity contribution in [1.82, 2.24) is 19.8 Å². The van der Waals surface area contributed by atoms with E-state index in [2.05, 4.69) is 9.97 Å². The van der Waals surface area contributed by atoms with E-state index in [4.69, 9.17) is 9.47 Å². The maximum absolute atomic E-state index is 13.1. The van der Waals surface area contributed by atoms with Gasteiger partial charge in [-0.15, -0.1) is 0 Å². The van der Waals surface area contributed by atoms with Gasteiger partial charge in [0.1, 0.15) is 11.3 Å². The second-order valence-corrected chi connectivity index (χ2v) is 7.23. The topological polar surface area (TPSA) is 84.9 Å². The van der Waals surface area contributed by atoms with Crippen LogP contribution in [0.5, 0.6) is 5.88 Å². The summed E-state index contributed by atoms with van der Waals surface area (Å²) in [6.07, 6.45) is 4.38.